The van der Waals surface area contributed by atoms with Gasteiger partial charge in [-0.05, 0) is 36.6 Å². The highest BCUT2D eigenvalue weighted by Gasteiger charge is 2.06. The van der Waals surface area contributed by atoms with E-state index < -0.39 is 5.97 Å². The number of likely N-dealkylation sites (N-methyl/N-ethyl adjacent to an activating group) is 1. The van der Waals surface area contributed by atoms with Gasteiger partial charge in [0.05, 0.1) is 14.1 Å². The van der Waals surface area contributed by atoms with Crippen LogP contribution in [0.5, 0.6) is 5.75 Å². The third kappa shape index (κ3) is 5.38. The second kappa shape index (κ2) is 7.24. The van der Waals surface area contributed by atoms with Crippen molar-refractivity contribution in [2.45, 2.75) is 12.8 Å². The normalized spacial score (nSPS) is 10.7. The molecule has 0 fully saturated rings. The number of benzene rings is 1. The molecule has 18 heavy (non-hydrogen) atoms. The molecule has 1 rings (SSSR count). The standard InChI is InChI=1S/C13H18ClNO3/c1-15(2)7-8-18-12-5-4-11(14)9-10(12)3-6-13(16)17/h4-5,9H,3,6-8H2,1-2H3,(H,16,17). The maximum atomic E-state index is 10.5. The van der Waals surface area contributed by atoms with Gasteiger partial charge in [-0.3, -0.25) is 0 Å². The van der Waals surface area contributed by atoms with Gasteiger partial charge in [0.25, 0.3) is 0 Å². The molecule has 0 unspecified atom stereocenters. The molecule has 0 radical (unpaired) electrons. The zero-order valence-electron chi connectivity index (χ0n) is 10.7. The number of hydrogen-bond donors (Lipinski definition) is 1. The first-order valence-electron chi connectivity index (χ1n) is 5.89. The fourth-order valence-corrected chi connectivity index (χ4v) is 1.68. The molecule has 0 aliphatic rings. The average Bonchev–Trinajstić information content (AvgIpc) is 2.28. The summed E-state index contributed by atoms with van der Waals surface area (Å²) in [6, 6.07) is 5.25. The molecule has 4 nitrogen and oxygen atoms in total. The van der Waals surface area contributed by atoms with Gasteiger partial charge < -0.3 is 19.5 Å². The second-order valence-corrected chi connectivity index (χ2v) is 4.87. The van der Waals surface area contributed by atoms with Gasteiger partial charge in [-0.2, -0.15) is 0 Å². The number of aryl methyl sites for hydroxylation is 1. The fourth-order valence-electron chi connectivity index (χ4n) is 1.49. The summed E-state index contributed by atoms with van der Waals surface area (Å²) in [5.74, 6) is -0.374. The molecular formula is C13H18ClNO3. The van der Waals surface area contributed by atoms with Gasteiger partial charge in [0.1, 0.15) is 18.9 Å². The van der Waals surface area contributed by atoms with E-state index in [0.717, 1.165) is 12.1 Å². The lowest BCUT2D eigenvalue weighted by atomic mass is 10.1. The Bertz CT molecular complexity index is 407. The number of carbonyl (C=O) groups excluding carboxylic acids is 1. The summed E-state index contributed by atoms with van der Waals surface area (Å²) in [5.41, 5.74) is 0.806. The molecule has 1 aromatic carbocycles. The number of hydrogen-bond acceptors (Lipinski definition) is 3. The first-order valence-corrected chi connectivity index (χ1v) is 6.27. The van der Waals surface area contributed by atoms with Gasteiger partial charge in [0.15, 0.2) is 0 Å². The Hall–Kier alpha value is -1.26. The minimum absolute atomic E-state index is 0.0321. The van der Waals surface area contributed by atoms with E-state index in [1.807, 2.05) is 14.1 Å². The van der Waals surface area contributed by atoms with E-state index in [-0.39, 0.29) is 6.42 Å². The summed E-state index contributed by atoms with van der Waals surface area (Å²) in [5, 5.41) is 11.1. The SMILES string of the molecule is C[NH+](C)CCOc1ccc(Cl)cc1CCC(=O)[O-]. The van der Waals surface area contributed by atoms with Crippen LogP contribution in [0, 0.1) is 0 Å². The summed E-state index contributed by atoms with van der Waals surface area (Å²) in [6.07, 6.45) is 0.336. The third-order valence-electron chi connectivity index (χ3n) is 2.48. The van der Waals surface area contributed by atoms with Crippen LogP contribution in [0.1, 0.15) is 12.0 Å². The van der Waals surface area contributed by atoms with Crippen molar-refractivity contribution in [3.63, 3.8) is 0 Å². The number of carboxylic acid groups (broad SMARTS) is 1. The number of carboxylic acids is 1. The van der Waals surface area contributed by atoms with Gasteiger partial charge in [-0.15, -0.1) is 0 Å². The Labute approximate surface area is 112 Å². The lowest BCUT2D eigenvalue weighted by Gasteiger charge is -2.13. The summed E-state index contributed by atoms with van der Waals surface area (Å²) in [6.45, 7) is 1.46. The van der Waals surface area contributed by atoms with E-state index in [1.54, 1.807) is 18.2 Å². The van der Waals surface area contributed by atoms with Crippen molar-refractivity contribution in [3.8, 4) is 5.75 Å². The van der Waals surface area contributed by atoms with Crippen molar-refractivity contribution in [1.29, 1.82) is 0 Å². The van der Waals surface area contributed by atoms with Crippen LogP contribution >= 0.6 is 11.6 Å². The van der Waals surface area contributed by atoms with Gasteiger partial charge in [-0.1, -0.05) is 11.6 Å². The first-order chi connectivity index (χ1) is 8.49. The monoisotopic (exact) mass is 271 g/mol. The predicted octanol–water partition coefficient (Wildman–Crippen LogP) is -0.454. The number of carbonyl (C=O) groups is 1. The molecule has 0 aromatic heterocycles. The van der Waals surface area contributed by atoms with E-state index in [4.69, 9.17) is 16.3 Å². The van der Waals surface area contributed by atoms with Crippen LogP contribution < -0.4 is 14.7 Å². The lowest BCUT2D eigenvalue weighted by Crippen LogP contribution is -3.06. The Morgan fingerprint density at radius 2 is 2.17 bits per heavy atom. The van der Waals surface area contributed by atoms with E-state index >= 15 is 0 Å². The highest BCUT2D eigenvalue weighted by atomic mass is 35.5. The Morgan fingerprint density at radius 3 is 2.78 bits per heavy atom. The van der Waals surface area contributed by atoms with Gasteiger partial charge in [0.2, 0.25) is 0 Å². The van der Waals surface area contributed by atoms with E-state index in [2.05, 4.69) is 0 Å². The molecule has 0 amide bonds. The number of nitrogens with one attached hydrogen (secondary N) is 1. The number of aliphatic carboxylic acids is 1. The van der Waals surface area contributed by atoms with Crippen LogP contribution in [0.4, 0.5) is 0 Å². The van der Waals surface area contributed by atoms with Crippen LogP contribution in [0.3, 0.4) is 0 Å². The first kappa shape index (κ1) is 14.8. The number of rotatable bonds is 7. The minimum atomic E-state index is -1.07. The Morgan fingerprint density at radius 1 is 1.44 bits per heavy atom. The molecule has 0 aliphatic heterocycles. The van der Waals surface area contributed by atoms with Crippen LogP contribution in [0.15, 0.2) is 18.2 Å². The third-order valence-corrected chi connectivity index (χ3v) is 2.72. The summed E-state index contributed by atoms with van der Waals surface area (Å²) in [7, 11) is 4.09. The largest absolute Gasteiger partial charge is 0.550 e. The summed E-state index contributed by atoms with van der Waals surface area (Å²) in [4.78, 5) is 11.8. The number of quaternary nitrogens is 1. The minimum Gasteiger partial charge on any atom is -0.550 e. The topological polar surface area (TPSA) is 53.8 Å². The summed E-state index contributed by atoms with van der Waals surface area (Å²) < 4.78 is 5.64. The van der Waals surface area contributed by atoms with Crippen molar-refractivity contribution in [3.05, 3.63) is 28.8 Å². The molecule has 0 aliphatic carbocycles. The van der Waals surface area contributed by atoms with Crippen molar-refractivity contribution in [1.82, 2.24) is 0 Å². The molecular weight excluding hydrogens is 254 g/mol. The van der Waals surface area contributed by atoms with Gasteiger partial charge >= 0.3 is 0 Å². The maximum Gasteiger partial charge on any atom is 0.137 e. The highest BCUT2D eigenvalue weighted by Crippen LogP contribution is 2.24. The zero-order valence-corrected chi connectivity index (χ0v) is 11.4. The van der Waals surface area contributed by atoms with E-state index in [0.29, 0.717) is 23.8 Å². The van der Waals surface area contributed by atoms with Crippen LogP contribution in [-0.2, 0) is 11.2 Å². The Kier molecular flexibility index (Phi) is 5.95. The molecule has 5 heteroatoms. The number of halogens is 1. The fraction of sp³-hybridized carbons (Fsp3) is 0.462. The van der Waals surface area contributed by atoms with Crippen molar-refractivity contribution >= 4 is 17.6 Å². The quantitative estimate of drug-likeness (QED) is 0.731. The summed E-state index contributed by atoms with van der Waals surface area (Å²) >= 11 is 5.89. The molecule has 0 saturated heterocycles. The molecule has 0 bridgehead atoms. The molecule has 0 heterocycles. The van der Waals surface area contributed by atoms with Gasteiger partial charge in [-0.25, -0.2) is 0 Å². The predicted molar refractivity (Wildman–Crippen MR) is 68.0 cm³/mol. The number of ether oxygens (including phenoxy) is 1. The molecule has 1 aromatic rings. The van der Waals surface area contributed by atoms with Crippen LogP contribution in [0.25, 0.3) is 0 Å². The molecule has 1 N–H and O–H groups in total. The molecule has 0 spiro atoms. The Balaban J connectivity index is 2.66. The van der Waals surface area contributed by atoms with E-state index in [1.165, 1.54) is 4.90 Å². The maximum absolute atomic E-state index is 10.5. The van der Waals surface area contributed by atoms with Crippen LogP contribution in [-0.4, -0.2) is 33.2 Å². The zero-order chi connectivity index (χ0) is 13.5. The molecule has 100 valence electrons. The second-order valence-electron chi connectivity index (χ2n) is 4.43. The van der Waals surface area contributed by atoms with Crippen molar-refractivity contribution in [2.24, 2.45) is 0 Å². The van der Waals surface area contributed by atoms with E-state index in [9.17, 15) is 9.90 Å². The lowest BCUT2D eigenvalue weighted by molar-refractivity contribution is -0.858. The molecule has 0 atom stereocenters. The van der Waals surface area contributed by atoms with Crippen LogP contribution in [0.2, 0.25) is 5.02 Å². The molecule has 0 saturated carbocycles. The van der Waals surface area contributed by atoms with Crippen molar-refractivity contribution < 1.29 is 19.5 Å². The average molecular weight is 272 g/mol. The van der Waals surface area contributed by atoms with Gasteiger partial charge in [0, 0.05) is 11.0 Å². The van der Waals surface area contributed by atoms with Crippen molar-refractivity contribution in [2.75, 3.05) is 27.2 Å². The smallest absolute Gasteiger partial charge is 0.137 e. The highest BCUT2D eigenvalue weighted by molar-refractivity contribution is 6.30.